The number of aromatic nitrogens is 2. The number of piperidine rings is 1. The molecule has 1 aromatic heterocycles. The number of esters is 1. The maximum atomic E-state index is 11.9. The summed E-state index contributed by atoms with van der Waals surface area (Å²) in [7, 11) is 0. The van der Waals surface area contributed by atoms with Crippen LogP contribution in [-0.2, 0) is 16.1 Å². The smallest absolute Gasteiger partial charge is 0.308 e. The van der Waals surface area contributed by atoms with Gasteiger partial charge in [-0.3, -0.25) is 9.69 Å². The molecule has 2 aliphatic rings. The Morgan fingerprint density at radius 1 is 1.31 bits per heavy atom. The van der Waals surface area contributed by atoms with E-state index in [1.165, 1.54) is 5.56 Å². The molecule has 3 heterocycles. The van der Waals surface area contributed by atoms with E-state index in [1.807, 2.05) is 13.8 Å². The van der Waals surface area contributed by atoms with E-state index in [9.17, 15) is 9.90 Å². The summed E-state index contributed by atoms with van der Waals surface area (Å²) in [4.78, 5) is 24.3. The standard InChI is InChI=1S/C24H32N4O3S/c1-3-31-23(30)17(2)6-7-24(16-29)8-12-28(13-9-24)15-18-4-5-20-19(14-18)27-21-22(32-20)26-11-10-25-21/h4-5,10-11,14,17,29H,3,6-9,12-13,15-16H2,1-2H3,(H,25,27). The molecule has 1 saturated heterocycles. The van der Waals surface area contributed by atoms with Gasteiger partial charge in [0.05, 0.1) is 18.2 Å². The van der Waals surface area contributed by atoms with Crippen molar-refractivity contribution < 1.29 is 14.6 Å². The topological polar surface area (TPSA) is 87.6 Å². The van der Waals surface area contributed by atoms with Crippen molar-refractivity contribution in [2.75, 3.05) is 31.6 Å². The molecular weight excluding hydrogens is 424 g/mol. The number of benzene rings is 1. The highest BCUT2D eigenvalue weighted by molar-refractivity contribution is 7.99. The SMILES string of the molecule is CCOC(=O)C(C)CCC1(CO)CCN(Cc2ccc3c(c2)Nc2nccnc2S3)CC1. The number of likely N-dealkylation sites (tertiary alicyclic amines) is 1. The minimum Gasteiger partial charge on any atom is -0.466 e. The van der Waals surface area contributed by atoms with E-state index in [2.05, 4.69) is 38.4 Å². The largest absolute Gasteiger partial charge is 0.466 e. The number of ether oxygens (including phenoxy) is 1. The summed E-state index contributed by atoms with van der Waals surface area (Å²) < 4.78 is 5.13. The van der Waals surface area contributed by atoms with Crippen molar-refractivity contribution in [3.63, 3.8) is 0 Å². The summed E-state index contributed by atoms with van der Waals surface area (Å²) in [6.45, 7) is 7.12. The van der Waals surface area contributed by atoms with Gasteiger partial charge in [-0.1, -0.05) is 24.8 Å². The monoisotopic (exact) mass is 456 g/mol. The lowest BCUT2D eigenvalue weighted by molar-refractivity contribution is -0.148. The normalized spacial score (nSPS) is 18.2. The summed E-state index contributed by atoms with van der Waals surface area (Å²) in [6, 6.07) is 6.54. The van der Waals surface area contributed by atoms with Crippen molar-refractivity contribution in [1.29, 1.82) is 0 Å². The summed E-state index contributed by atoms with van der Waals surface area (Å²) in [6.07, 6.45) is 6.93. The minimum atomic E-state index is -0.134. The number of aliphatic hydroxyl groups excluding tert-OH is 1. The lowest BCUT2D eigenvalue weighted by Crippen LogP contribution is -2.42. The zero-order chi connectivity index (χ0) is 22.6. The molecule has 4 rings (SSSR count). The summed E-state index contributed by atoms with van der Waals surface area (Å²) in [5, 5.41) is 14.4. The number of nitrogens with one attached hydrogen (secondary N) is 1. The molecule has 7 nitrogen and oxygen atoms in total. The van der Waals surface area contributed by atoms with Gasteiger partial charge in [0.15, 0.2) is 5.82 Å². The van der Waals surface area contributed by atoms with Crippen LogP contribution in [0.4, 0.5) is 11.5 Å². The first-order valence-electron chi connectivity index (χ1n) is 11.4. The molecule has 0 radical (unpaired) electrons. The third kappa shape index (κ3) is 5.24. The van der Waals surface area contributed by atoms with Crippen LogP contribution in [0.2, 0.25) is 0 Å². The third-order valence-electron chi connectivity index (χ3n) is 6.62. The van der Waals surface area contributed by atoms with Crippen LogP contribution in [0.15, 0.2) is 40.5 Å². The van der Waals surface area contributed by atoms with Crippen molar-refractivity contribution in [1.82, 2.24) is 14.9 Å². The second kappa shape index (κ2) is 10.2. The van der Waals surface area contributed by atoms with Crippen molar-refractivity contribution >= 4 is 29.2 Å². The molecule has 2 aromatic rings. The number of fused-ring (bicyclic) bond motifs is 2. The van der Waals surface area contributed by atoms with Crippen LogP contribution >= 0.6 is 11.8 Å². The fourth-order valence-corrected chi connectivity index (χ4v) is 5.31. The van der Waals surface area contributed by atoms with Gasteiger partial charge in [-0.05, 0) is 68.8 Å². The molecular formula is C24H32N4O3S. The molecule has 2 N–H and O–H groups in total. The Kier molecular flexibility index (Phi) is 7.33. The molecule has 1 aromatic carbocycles. The van der Waals surface area contributed by atoms with Gasteiger partial charge in [0, 0.05) is 30.4 Å². The Hall–Kier alpha value is -2.16. The van der Waals surface area contributed by atoms with Gasteiger partial charge < -0.3 is 15.2 Å². The van der Waals surface area contributed by atoms with Crippen LogP contribution in [-0.4, -0.2) is 52.2 Å². The maximum absolute atomic E-state index is 11.9. The second-order valence-corrected chi connectivity index (χ2v) is 9.92. The maximum Gasteiger partial charge on any atom is 0.308 e. The molecule has 1 fully saturated rings. The zero-order valence-electron chi connectivity index (χ0n) is 18.8. The molecule has 32 heavy (non-hydrogen) atoms. The molecule has 0 bridgehead atoms. The lowest BCUT2D eigenvalue weighted by atomic mass is 9.74. The summed E-state index contributed by atoms with van der Waals surface area (Å²) >= 11 is 1.64. The molecule has 1 atom stereocenters. The highest BCUT2D eigenvalue weighted by atomic mass is 32.2. The Morgan fingerprint density at radius 2 is 2.09 bits per heavy atom. The van der Waals surface area contributed by atoms with Gasteiger partial charge in [0.25, 0.3) is 0 Å². The Morgan fingerprint density at radius 3 is 2.84 bits per heavy atom. The van der Waals surface area contributed by atoms with E-state index in [1.54, 1.807) is 24.2 Å². The Labute approximate surface area is 194 Å². The van der Waals surface area contributed by atoms with Crippen molar-refractivity contribution in [2.45, 2.75) is 56.0 Å². The zero-order valence-corrected chi connectivity index (χ0v) is 19.7. The van der Waals surface area contributed by atoms with Gasteiger partial charge in [-0.15, -0.1) is 0 Å². The van der Waals surface area contributed by atoms with Crippen LogP contribution in [0.5, 0.6) is 0 Å². The molecule has 0 amide bonds. The number of hydrogen-bond donors (Lipinski definition) is 2. The number of anilines is 2. The number of nitrogens with zero attached hydrogens (tertiary/aromatic N) is 3. The van der Waals surface area contributed by atoms with Gasteiger partial charge in [-0.25, -0.2) is 9.97 Å². The van der Waals surface area contributed by atoms with E-state index >= 15 is 0 Å². The van der Waals surface area contributed by atoms with Gasteiger partial charge in [0.1, 0.15) is 5.03 Å². The van der Waals surface area contributed by atoms with E-state index in [0.717, 1.165) is 66.7 Å². The molecule has 0 spiro atoms. The van der Waals surface area contributed by atoms with Crippen LogP contribution in [0.25, 0.3) is 0 Å². The van der Waals surface area contributed by atoms with Crippen LogP contribution in [0, 0.1) is 11.3 Å². The molecule has 2 aliphatic heterocycles. The van der Waals surface area contributed by atoms with Crippen molar-refractivity contribution in [2.24, 2.45) is 11.3 Å². The number of carbonyl (C=O) groups excluding carboxylic acids is 1. The Balaban J connectivity index is 1.31. The fraction of sp³-hybridized carbons (Fsp3) is 0.542. The van der Waals surface area contributed by atoms with E-state index in [4.69, 9.17) is 4.74 Å². The molecule has 0 saturated carbocycles. The molecule has 1 unspecified atom stereocenters. The van der Waals surface area contributed by atoms with Crippen LogP contribution < -0.4 is 5.32 Å². The first kappa shape index (κ1) is 23.0. The second-order valence-electron chi connectivity index (χ2n) is 8.89. The van der Waals surface area contributed by atoms with Crippen molar-refractivity contribution in [3.05, 3.63) is 36.2 Å². The van der Waals surface area contributed by atoms with Crippen LogP contribution in [0.3, 0.4) is 0 Å². The number of aliphatic hydroxyl groups is 1. The molecule has 0 aliphatic carbocycles. The number of carbonyl (C=O) groups is 1. The predicted molar refractivity (Wildman–Crippen MR) is 125 cm³/mol. The highest BCUT2D eigenvalue weighted by Gasteiger charge is 2.35. The highest BCUT2D eigenvalue weighted by Crippen LogP contribution is 2.42. The average Bonchev–Trinajstić information content (AvgIpc) is 2.82. The van der Waals surface area contributed by atoms with E-state index in [-0.39, 0.29) is 23.9 Å². The Bertz CT molecular complexity index is 947. The third-order valence-corrected chi connectivity index (χ3v) is 7.69. The van der Waals surface area contributed by atoms with Gasteiger partial charge >= 0.3 is 5.97 Å². The van der Waals surface area contributed by atoms with E-state index in [0.29, 0.717) is 6.61 Å². The quantitative estimate of drug-likeness (QED) is 0.487. The lowest BCUT2D eigenvalue weighted by Gasteiger charge is -2.41. The molecule has 172 valence electrons. The number of hydrogen-bond acceptors (Lipinski definition) is 8. The van der Waals surface area contributed by atoms with Gasteiger partial charge in [0.2, 0.25) is 0 Å². The first-order chi connectivity index (χ1) is 15.5. The van der Waals surface area contributed by atoms with Crippen LogP contribution in [0.1, 0.15) is 45.1 Å². The summed E-state index contributed by atoms with van der Waals surface area (Å²) in [5.41, 5.74) is 2.25. The predicted octanol–water partition coefficient (Wildman–Crippen LogP) is 4.24. The number of rotatable bonds is 8. The average molecular weight is 457 g/mol. The summed E-state index contributed by atoms with van der Waals surface area (Å²) in [5.74, 6) is 0.558. The van der Waals surface area contributed by atoms with Crippen molar-refractivity contribution in [3.8, 4) is 0 Å². The van der Waals surface area contributed by atoms with E-state index < -0.39 is 0 Å². The molecule has 8 heteroatoms. The first-order valence-corrected chi connectivity index (χ1v) is 12.2. The minimum absolute atomic E-state index is 0.0896. The fourth-order valence-electron chi connectivity index (χ4n) is 4.44. The van der Waals surface area contributed by atoms with Gasteiger partial charge in [-0.2, -0.15) is 0 Å².